The fourth-order valence-corrected chi connectivity index (χ4v) is 5.18. The van der Waals surface area contributed by atoms with E-state index in [0.29, 0.717) is 28.3 Å². The van der Waals surface area contributed by atoms with E-state index < -0.39 is 11.8 Å². The van der Waals surface area contributed by atoms with E-state index in [-0.39, 0.29) is 17.4 Å². The van der Waals surface area contributed by atoms with Crippen molar-refractivity contribution in [2.24, 2.45) is 0 Å². The Morgan fingerprint density at radius 2 is 1.42 bits per heavy atom. The van der Waals surface area contributed by atoms with E-state index in [1.165, 1.54) is 18.9 Å². The van der Waals surface area contributed by atoms with Crippen molar-refractivity contribution in [2.75, 3.05) is 30.6 Å². The Bertz CT molecular complexity index is 1860. The number of fused-ring (bicyclic) bond motifs is 1. The molecule has 0 saturated heterocycles. The van der Waals surface area contributed by atoms with Gasteiger partial charge in [-0.25, -0.2) is 0 Å². The normalized spacial score (nSPS) is 11.0. The predicted molar refractivity (Wildman–Crippen MR) is 180 cm³/mol. The average molecular weight is 618 g/mol. The Kier molecular flexibility index (Phi) is 10.1. The van der Waals surface area contributed by atoms with Crippen molar-refractivity contribution in [3.63, 3.8) is 0 Å². The van der Waals surface area contributed by atoms with Gasteiger partial charge in [0.15, 0.2) is 0 Å². The minimum Gasteiger partial charge on any atom is -0.497 e. The Morgan fingerprint density at radius 3 is 2.16 bits per heavy atom. The van der Waals surface area contributed by atoms with Crippen LogP contribution in [0, 0.1) is 0 Å². The van der Waals surface area contributed by atoms with Crippen LogP contribution in [-0.2, 0) is 9.59 Å². The van der Waals surface area contributed by atoms with E-state index >= 15 is 0 Å². The first kappa shape index (κ1) is 30.9. The summed E-state index contributed by atoms with van der Waals surface area (Å²) in [5.74, 6) is 0.212. The van der Waals surface area contributed by atoms with E-state index in [4.69, 9.17) is 9.47 Å². The Morgan fingerprint density at radius 1 is 0.711 bits per heavy atom. The molecule has 226 valence electrons. The SMILES string of the molecule is COc1ccc(/C=C(\NC(=O)c2ccccc2)C(=O)Nc2ccc(SCC(=O)Nc3ccc4ccccc4c3)cc2)c(OC)c1. The van der Waals surface area contributed by atoms with Crippen LogP contribution < -0.4 is 25.4 Å². The van der Waals surface area contributed by atoms with Crippen LogP contribution in [0.1, 0.15) is 15.9 Å². The molecule has 0 aromatic heterocycles. The van der Waals surface area contributed by atoms with Crippen LogP contribution in [0.25, 0.3) is 16.8 Å². The number of hydrogen-bond donors (Lipinski definition) is 3. The third kappa shape index (κ3) is 8.31. The maximum Gasteiger partial charge on any atom is 0.272 e. The van der Waals surface area contributed by atoms with Crippen molar-refractivity contribution in [2.45, 2.75) is 4.90 Å². The highest BCUT2D eigenvalue weighted by molar-refractivity contribution is 8.00. The van der Waals surface area contributed by atoms with Gasteiger partial charge in [-0.2, -0.15) is 0 Å². The van der Waals surface area contributed by atoms with Crippen LogP contribution in [0.2, 0.25) is 0 Å². The summed E-state index contributed by atoms with van der Waals surface area (Å²) >= 11 is 1.38. The summed E-state index contributed by atoms with van der Waals surface area (Å²) in [6.45, 7) is 0. The van der Waals surface area contributed by atoms with Gasteiger partial charge in [-0.3, -0.25) is 14.4 Å². The molecule has 5 aromatic carbocycles. The first-order valence-electron chi connectivity index (χ1n) is 14.0. The second kappa shape index (κ2) is 14.8. The number of methoxy groups -OCH3 is 2. The lowest BCUT2D eigenvalue weighted by Crippen LogP contribution is -2.30. The standard InChI is InChI=1S/C36H31N3O5S/c1-43-30-17-13-27(33(22-30)44-2)21-32(39-35(41)25-9-4-3-5-10-25)36(42)38-28-15-18-31(19-16-28)45-23-34(40)37-29-14-12-24-8-6-7-11-26(24)20-29/h3-22H,23H2,1-2H3,(H,37,40)(H,38,42)(H,39,41)/b32-21-. The maximum absolute atomic E-state index is 13.4. The molecule has 0 bridgehead atoms. The van der Waals surface area contributed by atoms with E-state index in [1.54, 1.807) is 67.8 Å². The smallest absolute Gasteiger partial charge is 0.272 e. The van der Waals surface area contributed by atoms with Crippen molar-refractivity contribution in [3.8, 4) is 11.5 Å². The number of benzene rings is 5. The maximum atomic E-state index is 13.4. The van der Waals surface area contributed by atoms with Gasteiger partial charge in [0.1, 0.15) is 17.2 Å². The number of anilines is 2. The fourth-order valence-electron chi connectivity index (χ4n) is 4.48. The lowest BCUT2D eigenvalue weighted by atomic mass is 10.1. The van der Waals surface area contributed by atoms with E-state index in [1.807, 2.05) is 60.7 Å². The number of carbonyl (C=O) groups is 3. The van der Waals surface area contributed by atoms with Crippen LogP contribution in [0.15, 0.2) is 126 Å². The van der Waals surface area contributed by atoms with Crippen molar-refractivity contribution in [1.29, 1.82) is 0 Å². The fraction of sp³-hybridized carbons (Fsp3) is 0.0833. The van der Waals surface area contributed by atoms with Gasteiger partial charge in [0, 0.05) is 33.5 Å². The lowest BCUT2D eigenvalue weighted by molar-refractivity contribution is -0.114. The van der Waals surface area contributed by atoms with Gasteiger partial charge in [0.2, 0.25) is 5.91 Å². The molecule has 3 N–H and O–H groups in total. The molecule has 0 aliphatic carbocycles. The Balaban J connectivity index is 1.25. The van der Waals surface area contributed by atoms with Gasteiger partial charge >= 0.3 is 0 Å². The number of ether oxygens (including phenoxy) is 2. The topological polar surface area (TPSA) is 106 Å². The van der Waals surface area contributed by atoms with Crippen LogP contribution in [-0.4, -0.2) is 37.7 Å². The molecule has 0 fully saturated rings. The summed E-state index contributed by atoms with van der Waals surface area (Å²) < 4.78 is 10.8. The summed E-state index contributed by atoms with van der Waals surface area (Å²) in [4.78, 5) is 39.9. The van der Waals surface area contributed by atoms with Crippen molar-refractivity contribution in [3.05, 3.63) is 132 Å². The summed E-state index contributed by atoms with van der Waals surface area (Å²) in [5, 5.41) is 10.7. The number of nitrogens with one attached hydrogen (secondary N) is 3. The van der Waals surface area contributed by atoms with E-state index in [9.17, 15) is 14.4 Å². The van der Waals surface area contributed by atoms with Crippen LogP contribution in [0.3, 0.4) is 0 Å². The molecule has 0 saturated carbocycles. The monoisotopic (exact) mass is 617 g/mol. The molecule has 0 aliphatic rings. The molecule has 9 heteroatoms. The van der Waals surface area contributed by atoms with Crippen molar-refractivity contribution in [1.82, 2.24) is 5.32 Å². The first-order chi connectivity index (χ1) is 21.9. The van der Waals surface area contributed by atoms with Crippen LogP contribution >= 0.6 is 11.8 Å². The predicted octanol–water partition coefficient (Wildman–Crippen LogP) is 7.00. The summed E-state index contributed by atoms with van der Waals surface area (Å²) in [6.07, 6.45) is 1.55. The Labute approximate surface area is 265 Å². The molecule has 0 radical (unpaired) electrons. The zero-order valence-corrected chi connectivity index (χ0v) is 25.5. The minimum atomic E-state index is -0.521. The van der Waals surface area contributed by atoms with Gasteiger partial charge in [0.25, 0.3) is 11.8 Å². The second-order valence-corrected chi connectivity index (χ2v) is 10.9. The molecular weight excluding hydrogens is 586 g/mol. The van der Waals surface area contributed by atoms with Crippen LogP contribution in [0.4, 0.5) is 11.4 Å². The third-order valence-electron chi connectivity index (χ3n) is 6.78. The van der Waals surface area contributed by atoms with Crippen molar-refractivity contribution < 1.29 is 23.9 Å². The second-order valence-electron chi connectivity index (χ2n) is 9.86. The molecule has 0 aliphatic heterocycles. The van der Waals surface area contributed by atoms with Gasteiger partial charge in [-0.15, -0.1) is 11.8 Å². The zero-order chi connectivity index (χ0) is 31.6. The molecule has 0 unspecified atom stereocenters. The molecule has 5 aromatic rings. The van der Waals surface area contributed by atoms with E-state index in [0.717, 1.165) is 21.4 Å². The molecule has 45 heavy (non-hydrogen) atoms. The molecular formula is C36H31N3O5S. The number of thioether (sulfide) groups is 1. The highest BCUT2D eigenvalue weighted by atomic mass is 32.2. The molecule has 3 amide bonds. The number of amides is 3. The largest absolute Gasteiger partial charge is 0.497 e. The summed E-state index contributed by atoms with van der Waals surface area (Å²) in [6, 6.07) is 34.7. The number of carbonyl (C=O) groups excluding carboxylic acids is 3. The molecule has 0 heterocycles. The lowest BCUT2D eigenvalue weighted by Gasteiger charge is -2.13. The highest BCUT2D eigenvalue weighted by Gasteiger charge is 2.17. The van der Waals surface area contributed by atoms with Gasteiger partial charge in [0.05, 0.1) is 20.0 Å². The van der Waals surface area contributed by atoms with E-state index in [2.05, 4.69) is 16.0 Å². The summed E-state index contributed by atoms with van der Waals surface area (Å²) in [5.41, 5.74) is 2.27. The first-order valence-corrected chi connectivity index (χ1v) is 15.0. The third-order valence-corrected chi connectivity index (χ3v) is 7.80. The van der Waals surface area contributed by atoms with Gasteiger partial charge in [-0.05, 0) is 77.5 Å². The Hall–Kier alpha value is -5.54. The van der Waals surface area contributed by atoms with Gasteiger partial charge in [-0.1, -0.05) is 48.5 Å². The van der Waals surface area contributed by atoms with Crippen LogP contribution in [0.5, 0.6) is 11.5 Å². The number of rotatable bonds is 11. The van der Waals surface area contributed by atoms with Crippen molar-refractivity contribution >= 4 is 57.7 Å². The summed E-state index contributed by atoms with van der Waals surface area (Å²) in [7, 11) is 3.06. The highest BCUT2D eigenvalue weighted by Crippen LogP contribution is 2.27. The molecule has 5 rings (SSSR count). The quantitative estimate of drug-likeness (QED) is 0.109. The molecule has 0 atom stereocenters. The molecule has 0 spiro atoms. The molecule has 8 nitrogen and oxygen atoms in total. The van der Waals surface area contributed by atoms with Gasteiger partial charge < -0.3 is 25.4 Å². The number of hydrogen-bond acceptors (Lipinski definition) is 6. The average Bonchev–Trinajstić information content (AvgIpc) is 3.08. The zero-order valence-electron chi connectivity index (χ0n) is 24.7. The minimum absolute atomic E-state index is 0.0242.